The van der Waals surface area contributed by atoms with Crippen LogP contribution in [0.25, 0.3) is 0 Å². The van der Waals surface area contributed by atoms with Crippen LogP contribution in [0.2, 0.25) is 0 Å². The van der Waals surface area contributed by atoms with Crippen LogP contribution in [0.3, 0.4) is 0 Å². The van der Waals surface area contributed by atoms with Crippen molar-refractivity contribution >= 4 is 11.8 Å². The Labute approximate surface area is 127 Å². The van der Waals surface area contributed by atoms with Gasteiger partial charge in [-0.1, -0.05) is 27.2 Å². The number of anilines is 2. The van der Waals surface area contributed by atoms with E-state index in [1.54, 1.807) is 0 Å². The molecule has 3 atom stereocenters. The van der Waals surface area contributed by atoms with Gasteiger partial charge in [-0.15, -0.1) is 0 Å². The lowest BCUT2D eigenvalue weighted by Crippen LogP contribution is -2.36. The molecule has 1 aromatic heterocycles. The lowest BCUT2D eigenvalue weighted by atomic mass is 9.75. The summed E-state index contributed by atoms with van der Waals surface area (Å²) in [5, 5.41) is 3.16. The van der Waals surface area contributed by atoms with E-state index in [0.717, 1.165) is 18.8 Å². The summed E-state index contributed by atoms with van der Waals surface area (Å²) in [6, 6.07) is 1.84. The van der Waals surface area contributed by atoms with Gasteiger partial charge in [0.2, 0.25) is 11.8 Å². The molecule has 1 aromatic rings. The molecule has 0 bridgehead atoms. The third-order valence-electron chi connectivity index (χ3n) is 4.31. The van der Waals surface area contributed by atoms with Gasteiger partial charge in [-0.2, -0.15) is 9.97 Å². The van der Waals surface area contributed by atoms with Gasteiger partial charge >= 0.3 is 0 Å². The first-order valence-electron chi connectivity index (χ1n) is 8.04. The van der Waals surface area contributed by atoms with Crippen LogP contribution in [0.15, 0.2) is 6.07 Å². The van der Waals surface area contributed by atoms with Crippen molar-refractivity contribution in [1.82, 2.24) is 9.97 Å². The first-order valence-corrected chi connectivity index (χ1v) is 8.04. The summed E-state index contributed by atoms with van der Waals surface area (Å²) in [5.74, 6) is 3.48. The predicted molar refractivity (Wildman–Crippen MR) is 86.4 cm³/mol. The summed E-state index contributed by atoms with van der Waals surface area (Å²) in [6.07, 6.45) is 3.82. The average molecular weight is 292 g/mol. The quantitative estimate of drug-likeness (QED) is 0.871. The molecule has 0 saturated heterocycles. The lowest BCUT2D eigenvalue weighted by molar-refractivity contribution is 0.0427. The Balaban J connectivity index is 2.14. The molecule has 0 amide bonds. The zero-order valence-corrected chi connectivity index (χ0v) is 13.6. The van der Waals surface area contributed by atoms with Gasteiger partial charge in [-0.25, -0.2) is 0 Å². The molecular formula is C16H28N4O. The third kappa shape index (κ3) is 4.22. The maximum Gasteiger partial charge on any atom is 0.225 e. The van der Waals surface area contributed by atoms with Crippen molar-refractivity contribution in [2.24, 2.45) is 17.8 Å². The van der Waals surface area contributed by atoms with Crippen LogP contribution in [0.5, 0.6) is 5.88 Å². The Morgan fingerprint density at radius 1 is 1.38 bits per heavy atom. The monoisotopic (exact) mass is 292 g/mol. The topological polar surface area (TPSA) is 73.1 Å². The number of hydrogen-bond donors (Lipinski definition) is 2. The van der Waals surface area contributed by atoms with Crippen LogP contribution in [0.1, 0.15) is 47.0 Å². The van der Waals surface area contributed by atoms with Crippen molar-refractivity contribution in [2.45, 2.75) is 53.1 Å². The van der Waals surface area contributed by atoms with Gasteiger partial charge in [-0.3, -0.25) is 0 Å². The number of rotatable bonds is 5. The van der Waals surface area contributed by atoms with Crippen molar-refractivity contribution in [2.75, 3.05) is 17.6 Å². The molecule has 1 aliphatic carbocycles. The fourth-order valence-electron chi connectivity index (χ4n) is 3.18. The van der Waals surface area contributed by atoms with Crippen molar-refractivity contribution in [3.05, 3.63) is 6.07 Å². The van der Waals surface area contributed by atoms with E-state index in [1.165, 1.54) is 12.8 Å². The second-order valence-electron chi connectivity index (χ2n) is 6.46. The highest BCUT2D eigenvalue weighted by molar-refractivity contribution is 5.42. The second kappa shape index (κ2) is 6.96. The first-order chi connectivity index (χ1) is 9.99. The number of nitrogens with one attached hydrogen (secondary N) is 1. The Bertz CT molecular complexity index is 464. The summed E-state index contributed by atoms with van der Waals surface area (Å²) < 4.78 is 6.20. The molecule has 118 valence electrons. The minimum Gasteiger partial charge on any atom is -0.474 e. The van der Waals surface area contributed by atoms with Gasteiger partial charge in [0.1, 0.15) is 11.9 Å². The Kier molecular flexibility index (Phi) is 5.26. The van der Waals surface area contributed by atoms with E-state index in [0.29, 0.717) is 23.6 Å². The maximum absolute atomic E-state index is 6.20. The van der Waals surface area contributed by atoms with E-state index < -0.39 is 0 Å². The Hall–Kier alpha value is -1.52. The van der Waals surface area contributed by atoms with Crippen molar-refractivity contribution in [3.63, 3.8) is 0 Å². The van der Waals surface area contributed by atoms with Crippen LogP contribution in [0, 0.1) is 17.8 Å². The van der Waals surface area contributed by atoms with E-state index >= 15 is 0 Å². The van der Waals surface area contributed by atoms with E-state index in [-0.39, 0.29) is 12.1 Å². The summed E-state index contributed by atoms with van der Waals surface area (Å²) in [4.78, 5) is 8.39. The van der Waals surface area contributed by atoms with Crippen LogP contribution >= 0.6 is 0 Å². The molecule has 5 heteroatoms. The molecule has 1 aliphatic rings. The molecule has 0 aromatic carbocycles. The summed E-state index contributed by atoms with van der Waals surface area (Å²) in [6.45, 7) is 9.66. The summed E-state index contributed by atoms with van der Waals surface area (Å²) >= 11 is 0. The zero-order valence-electron chi connectivity index (χ0n) is 13.6. The highest BCUT2D eigenvalue weighted by Gasteiger charge is 2.32. The molecule has 1 saturated carbocycles. The normalized spacial score (nSPS) is 25.9. The van der Waals surface area contributed by atoms with Gasteiger partial charge in [0.25, 0.3) is 0 Å². The first kappa shape index (κ1) is 15.9. The van der Waals surface area contributed by atoms with E-state index in [2.05, 4.69) is 36.1 Å². The average Bonchev–Trinajstić information content (AvgIpc) is 2.38. The molecule has 0 aliphatic heterocycles. The van der Waals surface area contributed by atoms with Gasteiger partial charge < -0.3 is 15.8 Å². The lowest BCUT2D eigenvalue weighted by Gasteiger charge is -2.37. The minimum absolute atomic E-state index is 0.220. The number of nitrogen functional groups attached to an aromatic ring is 1. The second-order valence-corrected chi connectivity index (χ2v) is 6.46. The van der Waals surface area contributed by atoms with Crippen molar-refractivity contribution in [1.29, 1.82) is 0 Å². The summed E-state index contributed by atoms with van der Waals surface area (Å²) in [7, 11) is 0. The smallest absolute Gasteiger partial charge is 0.225 e. The fraction of sp³-hybridized carbons (Fsp3) is 0.750. The zero-order chi connectivity index (χ0) is 15.4. The van der Waals surface area contributed by atoms with Crippen LogP contribution < -0.4 is 15.8 Å². The van der Waals surface area contributed by atoms with Crippen LogP contribution in [0.4, 0.5) is 11.8 Å². The third-order valence-corrected chi connectivity index (χ3v) is 4.31. The van der Waals surface area contributed by atoms with Crippen LogP contribution in [-0.2, 0) is 0 Å². The van der Waals surface area contributed by atoms with E-state index in [4.69, 9.17) is 10.5 Å². The number of nitrogens with zero attached hydrogens (tertiary/aromatic N) is 2. The number of hydrogen-bond acceptors (Lipinski definition) is 5. The highest BCUT2D eigenvalue weighted by atomic mass is 16.5. The predicted octanol–water partition coefficient (Wildman–Crippen LogP) is 3.33. The minimum atomic E-state index is 0.220. The Morgan fingerprint density at radius 3 is 2.81 bits per heavy atom. The molecule has 3 N–H and O–H groups in total. The molecule has 1 fully saturated rings. The molecule has 21 heavy (non-hydrogen) atoms. The van der Waals surface area contributed by atoms with E-state index in [1.807, 2.05) is 13.0 Å². The van der Waals surface area contributed by atoms with Crippen molar-refractivity contribution in [3.8, 4) is 5.88 Å². The number of aromatic nitrogens is 2. The van der Waals surface area contributed by atoms with Crippen molar-refractivity contribution < 1.29 is 4.74 Å². The van der Waals surface area contributed by atoms with Gasteiger partial charge in [0.05, 0.1) is 0 Å². The maximum atomic E-state index is 6.20. The number of ether oxygens (including phenoxy) is 1. The molecule has 0 radical (unpaired) electrons. The summed E-state index contributed by atoms with van der Waals surface area (Å²) in [5.41, 5.74) is 5.77. The van der Waals surface area contributed by atoms with Crippen LogP contribution in [-0.4, -0.2) is 22.6 Å². The van der Waals surface area contributed by atoms with Gasteiger partial charge in [0.15, 0.2) is 0 Å². The molecule has 5 nitrogen and oxygen atoms in total. The molecule has 2 rings (SSSR count). The number of nitrogens with two attached hydrogens (primary N) is 1. The molecule has 1 heterocycles. The molecular weight excluding hydrogens is 264 g/mol. The van der Waals surface area contributed by atoms with E-state index in [9.17, 15) is 0 Å². The largest absolute Gasteiger partial charge is 0.474 e. The standard InChI is InChI=1S/C16H28N4O/c1-5-18-14-9-15(20-16(17)19-14)21-13-8-11(4)6-7-12(13)10(2)3/h9-13H,5-8H2,1-4H3,(H3,17,18,19,20). The molecule has 3 unspecified atom stereocenters. The highest BCUT2D eigenvalue weighted by Crippen LogP contribution is 2.35. The Morgan fingerprint density at radius 2 is 2.14 bits per heavy atom. The fourth-order valence-corrected chi connectivity index (χ4v) is 3.18. The molecule has 0 spiro atoms. The van der Waals surface area contributed by atoms with Gasteiger partial charge in [0, 0.05) is 12.6 Å². The SMILES string of the molecule is CCNc1cc(OC2CC(C)CCC2C(C)C)nc(N)n1. The van der Waals surface area contributed by atoms with Gasteiger partial charge in [-0.05, 0) is 37.5 Å².